The van der Waals surface area contributed by atoms with Gasteiger partial charge in [-0.1, -0.05) is 23.7 Å². The van der Waals surface area contributed by atoms with E-state index >= 15 is 0 Å². The van der Waals surface area contributed by atoms with E-state index in [1.165, 1.54) is 0 Å². The molecule has 0 saturated carbocycles. The van der Waals surface area contributed by atoms with E-state index in [1.807, 2.05) is 31.2 Å². The van der Waals surface area contributed by atoms with E-state index < -0.39 is 12.1 Å². The van der Waals surface area contributed by atoms with Crippen molar-refractivity contribution in [2.24, 2.45) is 0 Å². The summed E-state index contributed by atoms with van der Waals surface area (Å²) < 4.78 is 15.8. The summed E-state index contributed by atoms with van der Waals surface area (Å²) in [4.78, 5) is 12.1. The van der Waals surface area contributed by atoms with Crippen LogP contribution in [0.1, 0.15) is 17.2 Å². The van der Waals surface area contributed by atoms with Crippen LogP contribution in [0.2, 0.25) is 5.02 Å². The summed E-state index contributed by atoms with van der Waals surface area (Å²) in [5, 5.41) is 0.638. The van der Waals surface area contributed by atoms with E-state index in [1.54, 1.807) is 25.3 Å². The van der Waals surface area contributed by atoms with Gasteiger partial charge in [0.25, 0.3) is 0 Å². The standard InChI is InChI=1S/C17H15ClO4/c1-10-9-13(7-8-14(10)18)21-17(19)16-15(22-16)11-3-5-12(20-2)6-4-11/h3-9,15-16H,1-2H3. The maximum absolute atomic E-state index is 12.1. The lowest BCUT2D eigenvalue weighted by atomic mass is 10.1. The zero-order valence-corrected chi connectivity index (χ0v) is 13.0. The second kappa shape index (κ2) is 5.99. The minimum Gasteiger partial charge on any atom is -0.497 e. The molecule has 1 fully saturated rings. The smallest absolute Gasteiger partial charge is 0.343 e. The van der Waals surface area contributed by atoms with Gasteiger partial charge in [0, 0.05) is 5.02 Å². The number of esters is 1. The molecule has 0 bridgehead atoms. The second-order valence-corrected chi connectivity index (χ2v) is 5.49. The highest BCUT2D eigenvalue weighted by atomic mass is 35.5. The van der Waals surface area contributed by atoms with Crippen LogP contribution in [0.5, 0.6) is 11.5 Å². The topological polar surface area (TPSA) is 48.1 Å². The van der Waals surface area contributed by atoms with E-state index in [9.17, 15) is 4.79 Å². The van der Waals surface area contributed by atoms with E-state index in [2.05, 4.69) is 0 Å². The molecule has 2 aromatic carbocycles. The maximum Gasteiger partial charge on any atom is 0.343 e. The van der Waals surface area contributed by atoms with E-state index in [-0.39, 0.29) is 6.10 Å². The van der Waals surface area contributed by atoms with Crippen LogP contribution < -0.4 is 9.47 Å². The third kappa shape index (κ3) is 3.08. The lowest BCUT2D eigenvalue weighted by Crippen LogP contribution is -2.15. The Hall–Kier alpha value is -2.04. The molecule has 2 unspecified atom stereocenters. The molecule has 114 valence electrons. The van der Waals surface area contributed by atoms with Crippen molar-refractivity contribution in [2.75, 3.05) is 7.11 Å². The van der Waals surface area contributed by atoms with Gasteiger partial charge in [-0.05, 0) is 48.4 Å². The lowest BCUT2D eigenvalue weighted by molar-refractivity contribution is -0.135. The Kier molecular flexibility index (Phi) is 4.05. The number of rotatable bonds is 4. The van der Waals surface area contributed by atoms with Crippen LogP contribution in [0.3, 0.4) is 0 Å². The number of epoxide rings is 1. The van der Waals surface area contributed by atoms with Crippen molar-refractivity contribution >= 4 is 17.6 Å². The fraction of sp³-hybridized carbons (Fsp3) is 0.235. The van der Waals surface area contributed by atoms with Gasteiger partial charge in [0.05, 0.1) is 7.11 Å². The molecule has 5 heteroatoms. The molecule has 2 atom stereocenters. The molecule has 1 heterocycles. The van der Waals surface area contributed by atoms with E-state index in [4.69, 9.17) is 25.8 Å². The van der Waals surface area contributed by atoms with E-state index in [0.29, 0.717) is 10.8 Å². The third-order valence-corrected chi connectivity index (χ3v) is 3.94. The average Bonchev–Trinajstić information content (AvgIpc) is 3.32. The van der Waals surface area contributed by atoms with Crippen molar-refractivity contribution in [1.29, 1.82) is 0 Å². The molecule has 22 heavy (non-hydrogen) atoms. The maximum atomic E-state index is 12.1. The van der Waals surface area contributed by atoms with Crippen LogP contribution in [-0.4, -0.2) is 19.2 Å². The number of hydrogen-bond donors (Lipinski definition) is 0. The number of carbonyl (C=O) groups is 1. The van der Waals surface area contributed by atoms with Gasteiger partial charge in [-0.15, -0.1) is 0 Å². The molecule has 1 aliphatic rings. The molecule has 1 aliphatic heterocycles. The van der Waals surface area contributed by atoms with Crippen LogP contribution in [0.15, 0.2) is 42.5 Å². The number of methoxy groups -OCH3 is 1. The van der Waals surface area contributed by atoms with E-state index in [0.717, 1.165) is 16.9 Å². The molecule has 2 aromatic rings. The highest BCUT2D eigenvalue weighted by Gasteiger charge is 2.47. The first-order valence-electron chi connectivity index (χ1n) is 6.86. The van der Waals surface area contributed by atoms with Gasteiger partial charge in [-0.2, -0.15) is 0 Å². The van der Waals surface area contributed by atoms with Crippen molar-refractivity contribution in [1.82, 2.24) is 0 Å². The minimum absolute atomic E-state index is 0.258. The van der Waals surface area contributed by atoms with Gasteiger partial charge >= 0.3 is 5.97 Å². The molecule has 4 nitrogen and oxygen atoms in total. The van der Waals surface area contributed by atoms with Gasteiger partial charge < -0.3 is 14.2 Å². The summed E-state index contributed by atoms with van der Waals surface area (Å²) in [6.45, 7) is 1.85. The SMILES string of the molecule is COc1ccc(C2OC2C(=O)Oc2ccc(Cl)c(C)c2)cc1. The van der Waals surface area contributed by atoms with Crippen molar-refractivity contribution in [3.63, 3.8) is 0 Å². The van der Waals surface area contributed by atoms with Gasteiger partial charge in [0.1, 0.15) is 17.6 Å². The first-order chi connectivity index (χ1) is 10.6. The van der Waals surface area contributed by atoms with Gasteiger partial charge in [-0.3, -0.25) is 0 Å². The van der Waals surface area contributed by atoms with Crippen LogP contribution in [0.25, 0.3) is 0 Å². The third-order valence-electron chi connectivity index (χ3n) is 3.52. The molecular formula is C17H15ClO4. The van der Waals surface area contributed by atoms with Gasteiger partial charge in [0.2, 0.25) is 0 Å². The number of aryl methyl sites for hydroxylation is 1. The molecule has 0 aromatic heterocycles. The van der Waals surface area contributed by atoms with Crippen LogP contribution in [0, 0.1) is 6.92 Å². The first kappa shape index (κ1) is 14.9. The molecule has 0 radical (unpaired) electrons. The Bertz CT molecular complexity index is 696. The van der Waals surface area contributed by atoms with Gasteiger partial charge in [0.15, 0.2) is 6.10 Å². The highest BCUT2D eigenvalue weighted by molar-refractivity contribution is 6.31. The monoisotopic (exact) mass is 318 g/mol. The number of carbonyl (C=O) groups excluding carboxylic acids is 1. The molecule has 0 aliphatic carbocycles. The Labute approximate surface area is 133 Å². The fourth-order valence-corrected chi connectivity index (χ4v) is 2.31. The largest absolute Gasteiger partial charge is 0.497 e. The van der Waals surface area contributed by atoms with Crippen LogP contribution >= 0.6 is 11.6 Å². The quantitative estimate of drug-likeness (QED) is 0.490. The summed E-state index contributed by atoms with van der Waals surface area (Å²) in [5.41, 5.74) is 1.78. The molecule has 0 N–H and O–H groups in total. The minimum atomic E-state index is -0.565. The number of benzene rings is 2. The Morgan fingerprint density at radius 1 is 1.14 bits per heavy atom. The molecular weight excluding hydrogens is 304 g/mol. The average molecular weight is 319 g/mol. The molecule has 0 amide bonds. The zero-order valence-electron chi connectivity index (χ0n) is 12.2. The van der Waals surface area contributed by atoms with Crippen molar-refractivity contribution in [3.8, 4) is 11.5 Å². The normalized spacial score (nSPS) is 19.6. The zero-order chi connectivity index (χ0) is 15.7. The Morgan fingerprint density at radius 2 is 1.82 bits per heavy atom. The highest BCUT2D eigenvalue weighted by Crippen LogP contribution is 2.40. The second-order valence-electron chi connectivity index (χ2n) is 5.08. The lowest BCUT2D eigenvalue weighted by Gasteiger charge is -2.04. The number of ether oxygens (including phenoxy) is 3. The molecule has 3 rings (SSSR count). The Balaban J connectivity index is 1.63. The summed E-state index contributed by atoms with van der Waals surface area (Å²) in [7, 11) is 1.61. The summed E-state index contributed by atoms with van der Waals surface area (Å²) in [6, 6.07) is 12.5. The van der Waals surface area contributed by atoms with Gasteiger partial charge in [-0.25, -0.2) is 4.79 Å². The summed E-state index contributed by atoms with van der Waals surface area (Å²) in [6.07, 6.45) is -0.823. The van der Waals surface area contributed by atoms with Crippen molar-refractivity contribution in [3.05, 3.63) is 58.6 Å². The molecule has 0 spiro atoms. The Morgan fingerprint density at radius 3 is 2.45 bits per heavy atom. The number of hydrogen-bond acceptors (Lipinski definition) is 4. The van der Waals surface area contributed by atoms with Crippen molar-refractivity contribution < 1.29 is 19.0 Å². The van der Waals surface area contributed by atoms with Crippen LogP contribution in [0.4, 0.5) is 0 Å². The molecule has 1 saturated heterocycles. The fourth-order valence-electron chi connectivity index (χ4n) is 2.19. The number of halogens is 1. The first-order valence-corrected chi connectivity index (χ1v) is 7.23. The summed E-state index contributed by atoms with van der Waals surface area (Å²) in [5.74, 6) is 0.832. The van der Waals surface area contributed by atoms with Crippen molar-refractivity contribution in [2.45, 2.75) is 19.1 Å². The predicted molar refractivity (Wildman–Crippen MR) is 82.4 cm³/mol. The van der Waals surface area contributed by atoms with Crippen LogP contribution in [-0.2, 0) is 9.53 Å². The summed E-state index contributed by atoms with van der Waals surface area (Å²) >= 11 is 5.94. The predicted octanol–water partition coefficient (Wildman–Crippen LogP) is 3.70.